The SMILES string of the molecule is Cc1ccc(C#N)c(NCCc2cscn2)c1. The van der Waals surface area contributed by atoms with E-state index in [0.29, 0.717) is 5.56 Å². The van der Waals surface area contributed by atoms with E-state index in [1.807, 2.05) is 36.0 Å². The zero-order chi connectivity index (χ0) is 12.1. The first-order valence-electron chi connectivity index (χ1n) is 5.41. The third-order valence-corrected chi connectivity index (χ3v) is 3.11. The van der Waals surface area contributed by atoms with Crippen molar-refractivity contribution in [2.24, 2.45) is 0 Å². The van der Waals surface area contributed by atoms with Gasteiger partial charge >= 0.3 is 0 Å². The van der Waals surface area contributed by atoms with Crippen LogP contribution in [0.2, 0.25) is 0 Å². The van der Waals surface area contributed by atoms with Crippen LogP contribution in [0.5, 0.6) is 0 Å². The Kier molecular flexibility index (Phi) is 3.73. The molecule has 0 aliphatic carbocycles. The zero-order valence-corrected chi connectivity index (χ0v) is 10.4. The van der Waals surface area contributed by atoms with Crippen molar-refractivity contribution >= 4 is 17.0 Å². The van der Waals surface area contributed by atoms with Crippen LogP contribution in [-0.2, 0) is 6.42 Å². The van der Waals surface area contributed by atoms with E-state index in [1.165, 1.54) is 0 Å². The smallest absolute Gasteiger partial charge is 0.101 e. The number of aryl methyl sites for hydroxylation is 1. The second kappa shape index (κ2) is 5.46. The Morgan fingerprint density at radius 2 is 2.35 bits per heavy atom. The molecule has 0 radical (unpaired) electrons. The number of rotatable bonds is 4. The molecule has 0 saturated heterocycles. The van der Waals surface area contributed by atoms with Gasteiger partial charge in [0, 0.05) is 18.3 Å². The van der Waals surface area contributed by atoms with E-state index in [0.717, 1.165) is 29.9 Å². The second-order valence-corrected chi connectivity index (χ2v) is 4.54. The van der Waals surface area contributed by atoms with Gasteiger partial charge in [0.25, 0.3) is 0 Å². The number of benzene rings is 1. The largest absolute Gasteiger partial charge is 0.384 e. The standard InChI is InChI=1S/C13H13N3S/c1-10-2-3-11(7-14)13(6-10)15-5-4-12-8-17-9-16-12/h2-3,6,8-9,15H,4-5H2,1H3. The van der Waals surface area contributed by atoms with E-state index in [9.17, 15) is 0 Å². The third kappa shape index (κ3) is 3.05. The molecular weight excluding hydrogens is 230 g/mol. The van der Waals surface area contributed by atoms with Gasteiger partial charge in [0.15, 0.2) is 0 Å². The minimum absolute atomic E-state index is 0.689. The molecule has 1 N–H and O–H groups in total. The molecule has 0 aliphatic heterocycles. The van der Waals surface area contributed by atoms with Gasteiger partial charge in [-0.3, -0.25) is 0 Å². The van der Waals surface area contributed by atoms with Gasteiger partial charge in [-0.2, -0.15) is 5.26 Å². The van der Waals surface area contributed by atoms with Crippen molar-refractivity contribution in [3.63, 3.8) is 0 Å². The number of anilines is 1. The Bertz CT molecular complexity index is 526. The highest BCUT2D eigenvalue weighted by atomic mass is 32.1. The average molecular weight is 243 g/mol. The number of hydrogen-bond acceptors (Lipinski definition) is 4. The lowest BCUT2D eigenvalue weighted by molar-refractivity contribution is 0.976. The van der Waals surface area contributed by atoms with E-state index < -0.39 is 0 Å². The Labute approximate surface area is 105 Å². The molecule has 0 aliphatic rings. The Hall–Kier alpha value is -1.86. The summed E-state index contributed by atoms with van der Waals surface area (Å²) >= 11 is 1.60. The van der Waals surface area contributed by atoms with E-state index in [2.05, 4.69) is 16.4 Å². The number of aromatic nitrogens is 1. The summed E-state index contributed by atoms with van der Waals surface area (Å²) in [5.74, 6) is 0. The maximum absolute atomic E-state index is 8.99. The van der Waals surface area contributed by atoms with Crippen molar-refractivity contribution < 1.29 is 0 Å². The van der Waals surface area contributed by atoms with Crippen LogP contribution in [0.4, 0.5) is 5.69 Å². The fraction of sp³-hybridized carbons (Fsp3) is 0.231. The normalized spacial score (nSPS) is 9.88. The van der Waals surface area contributed by atoms with Crippen LogP contribution >= 0.6 is 11.3 Å². The molecule has 17 heavy (non-hydrogen) atoms. The zero-order valence-electron chi connectivity index (χ0n) is 9.60. The molecule has 2 rings (SSSR count). The van der Waals surface area contributed by atoms with Crippen LogP contribution in [0.15, 0.2) is 29.1 Å². The monoisotopic (exact) mass is 243 g/mol. The Morgan fingerprint density at radius 3 is 3.06 bits per heavy atom. The lowest BCUT2D eigenvalue weighted by atomic mass is 10.1. The summed E-state index contributed by atoms with van der Waals surface area (Å²) in [6.45, 7) is 2.81. The van der Waals surface area contributed by atoms with Gasteiger partial charge in [0.2, 0.25) is 0 Å². The summed E-state index contributed by atoms with van der Waals surface area (Å²) in [5.41, 5.74) is 5.67. The quantitative estimate of drug-likeness (QED) is 0.898. The van der Waals surface area contributed by atoms with Crippen LogP contribution in [0.25, 0.3) is 0 Å². The molecule has 0 amide bonds. The summed E-state index contributed by atoms with van der Waals surface area (Å²) in [7, 11) is 0. The van der Waals surface area contributed by atoms with Crippen molar-refractivity contribution in [2.45, 2.75) is 13.3 Å². The highest BCUT2D eigenvalue weighted by molar-refractivity contribution is 7.07. The summed E-state index contributed by atoms with van der Waals surface area (Å²) < 4.78 is 0. The van der Waals surface area contributed by atoms with Crippen molar-refractivity contribution in [3.05, 3.63) is 45.9 Å². The van der Waals surface area contributed by atoms with Crippen LogP contribution in [0, 0.1) is 18.3 Å². The van der Waals surface area contributed by atoms with Crippen molar-refractivity contribution in [3.8, 4) is 6.07 Å². The first-order chi connectivity index (χ1) is 8.29. The van der Waals surface area contributed by atoms with E-state index in [4.69, 9.17) is 5.26 Å². The topological polar surface area (TPSA) is 48.7 Å². The molecule has 4 heteroatoms. The number of nitrogens with zero attached hydrogens (tertiary/aromatic N) is 2. The summed E-state index contributed by atoms with van der Waals surface area (Å²) in [5, 5.41) is 14.3. The predicted octanol–water partition coefficient (Wildman–Crippen LogP) is 2.98. The molecule has 1 aromatic heterocycles. The first-order valence-corrected chi connectivity index (χ1v) is 6.35. The summed E-state index contributed by atoms with van der Waals surface area (Å²) in [6.07, 6.45) is 0.877. The van der Waals surface area contributed by atoms with Crippen LogP contribution in [-0.4, -0.2) is 11.5 Å². The number of nitrogens with one attached hydrogen (secondary N) is 1. The van der Waals surface area contributed by atoms with Crippen molar-refractivity contribution in [1.82, 2.24) is 4.98 Å². The van der Waals surface area contributed by atoms with Gasteiger partial charge in [0.1, 0.15) is 6.07 Å². The van der Waals surface area contributed by atoms with Gasteiger partial charge in [-0.15, -0.1) is 11.3 Å². The second-order valence-electron chi connectivity index (χ2n) is 3.82. The summed E-state index contributed by atoms with van der Waals surface area (Å²) in [4.78, 5) is 4.22. The minimum Gasteiger partial charge on any atom is -0.384 e. The van der Waals surface area contributed by atoms with Gasteiger partial charge < -0.3 is 5.32 Å². The lowest BCUT2D eigenvalue weighted by Crippen LogP contribution is -2.06. The molecule has 0 unspecified atom stereocenters. The molecule has 86 valence electrons. The van der Waals surface area contributed by atoms with Gasteiger partial charge in [0.05, 0.1) is 22.5 Å². The Morgan fingerprint density at radius 1 is 1.47 bits per heavy atom. The highest BCUT2D eigenvalue weighted by Crippen LogP contribution is 2.16. The molecule has 0 fully saturated rings. The average Bonchev–Trinajstić information content (AvgIpc) is 2.82. The van der Waals surface area contributed by atoms with Gasteiger partial charge in [-0.25, -0.2) is 4.98 Å². The maximum Gasteiger partial charge on any atom is 0.101 e. The van der Waals surface area contributed by atoms with E-state index in [-0.39, 0.29) is 0 Å². The molecule has 1 aromatic carbocycles. The molecule has 0 bridgehead atoms. The van der Waals surface area contributed by atoms with Crippen molar-refractivity contribution in [1.29, 1.82) is 5.26 Å². The molecule has 1 heterocycles. The fourth-order valence-electron chi connectivity index (χ4n) is 1.59. The van der Waals surface area contributed by atoms with Crippen LogP contribution in [0.3, 0.4) is 0 Å². The molecule has 0 atom stereocenters. The summed E-state index contributed by atoms with van der Waals surface area (Å²) in [6, 6.07) is 7.99. The predicted molar refractivity (Wildman–Crippen MR) is 70.2 cm³/mol. The molecule has 0 spiro atoms. The van der Waals surface area contributed by atoms with Crippen LogP contribution < -0.4 is 5.32 Å². The number of thiazole rings is 1. The van der Waals surface area contributed by atoms with E-state index in [1.54, 1.807) is 11.3 Å². The molecule has 2 aromatic rings. The Balaban J connectivity index is 1.99. The number of nitriles is 1. The van der Waals surface area contributed by atoms with Gasteiger partial charge in [-0.1, -0.05) is 6.07 Å². The minimum atomic E-state index is 0.689. The first kappa shape index (κ1) is 11.6. The van der Waals surface area contributed by atoms with Crippen LogP contribution in [0.1, 0.15) is 16.8 Å². The van der Waals surface area contributed by atoms with E-state index >= 15 is 0 Å². The third-order valence-electron chi connectivity index (χ3n) is 2.48. The highest BCUT2D eigenvalue weighted by Gasteiger charge is 2.02. The van der Waals surface area contributed by atoms with Crippen molar-refractivity contribution in [2.75, 3.05) is 11.9 Å². The maximum atomic E-state index is 8.99. The fourth-order valence-corrected chi connectivity index (χ4v) is 2.18. The lowest BCUT2D eigenvalue weighted by Gasteiger charge is -2.08. The number of hydrogen-bond donors (Lipinski definition) is 1. The molecule has 3 nitrogen and oxygen atoms in total. The van der Waals surface area contributed by atoms with Gasteiger partial charge in [-0.05, 0) is 24.6 Å². The molecule has 0 saturated carbocycles. The molecular formula is C13H13N3S.